The van der Waals surface area contributed by atoms with Crippen LogP contribution in [0.1, 0.15) is 20.8 Å². The third-order valence-electron chi connectivity index (χ3n) is 1.53. The van der Waals surface area contributed by atoms with Crippen LogP contribution < -0.4 is 0 Å². The van der Waals surface area contributed by atoms with Crippen molar-refractivity contribution < 1.29 is 14.6 Å². The van der Waals surface area contributed by atoms with Crippen molar-refractivity contribution >= 4 is 0 Å². The molecular formula is C8H19NO3. The van der Waals surface area contributed by atoms with Crippen LogP contribution in [0.4, 0.5) is 0 Å². The molecule has 0 aromatic carbocycles. The maximum absolute atomic E-state index is 9.46. The summed E-state index contributed by atoms with van der Waals surface area (Å²) < 4.78 is 10.2. The molecule has 0 amide bonds. The molecule has 0 aliphatic heterocycles. The summed E-state index contributed by atoms with van der Waals surface area (Å²) in [5.74, 6) is -1.49. The minimum atomic E-state index is -1.49. The van der Waals surface area contributed by atoms with Crippen molar-refractivity contribution in [1.82, 2.24) is 4.90 Å². The van der Waals surface area contributed by atoms with Gasteiger partial charge < -0.3 is 14.6 Å². The lowest BCUT2D eigenvalue weighted by Gasteiger charge is -2.29. The second-order valence-electron chi connectivity index (χ2n) is 3.01. The van der Waals surface area contributed by atoms with E-state index in [9.17, 15) is 5.11 Å². The topological polar surface area (TPSA) is 41.9 Å². The van der Waals surface area contributed by atoms with Crippen LogP contribution >= 0.6 is 0 Å². The Morgan fingerprint density at radius 2 is 2.00 bits per heavy atom. The third-order valence-corrected chi connectivity index (χ3v) is 1.53. The Balaban J connectivity index is 3.87. The van der Waals surface area contributed by atoms with Crippen molar-refractivity contribution in [2.45, 2.75) is 33.0 Å². The molecule has 0 bridgehead atoms. The minimum Gasteiger partial charge on any atom is -0.343 e. The van der Waals surface area contributed by atoms with Gasteiger partial charge in [-0.1, -0.05) is 0 Å². The van der Waals surface area contributed by atoms with Gasteiger partial charge in [0.2, 0.25) is 0 Å². The molecule has 0 saturated carbocycles. The van der Waals surface area contributed by atoms with Crippen LogP contribution in [0.3, 0.4) is 0 Å². The Morgan fingerprint density at radius 3 is 2.33 bits per heavy atom. The van der Waals surface area contributed by atoms with Gasteiger partial charge in [0.25, 0.3) is 5.97 Å². The van der Waals surface area contributed by atoms with E-state index in [0.717, 1.165) is 0 Å². The van der Waals surface area contributed by atoms with Crippen LogP contribution in [0.25, 0.3) is 0 Å². The van der Waals surface area contributed by atoms with Gasteiger partial charge in [0.15, 0.2) is 0 Å². The summed E-state index contributed by atoms with van der Waals surface area (Å²) in [5, 5.41) is 9.46. The zero-order chi connectivity index (χ0) is 9.78. The van der Waals surface area contributed by atoms with Gasteiger partial charge in [-0.2, -0.15) is 0 Å². The summed E-state index contributed by atoms with van der Waals surface area (Å²) in [4.78, 5) is 1.84. The van der Waals surface area contributed by atoms with Gasteiger partial charge in [0, 0.05) is 13.5 Å². The Kier molecular flexibility index (Phi) is 4.70. The first-order chi connectivity index (χ1) is 5.39. The molecule has 0 aromatic heterocycles. The van der Waals surface area contributed by atoms with E-state index in [0.29, 0.717) is 6.61 Å². The molecule has 2 atom stereocenters. The summed E-state index contributed by atoms with van der Waals surface area (Å²) in [5.41, 5.74) is 0. The molecule has 0 heterocycles. The number of nitrogens with zero attached hydrogens (tertiary/aromatic N) is 1. The summed E-state index contributed by atoms with van der Waals surface area (Å²) in [7, 11) is 3.74. The van der Waals surface area contributed by atoms with Gasteiger partial charge in [-0.15, -0.1) is 0 Å². The predicted octanol–water partition coefficient (Wildman–Crippen LogP) is 0.613. The number of hydrogen-bond acceptors (Lipinski definition) is 4. The molecule has 74 valence electrons. The van der Waals surface area contributed by atoms with Crippen LogP contribution in [0.2, 0.25) is 0 Å². The first-order valence-corrected chi connectivity index (χ1v) is 4.09. The van der Waals surface area contributed by atoms with E-state index in [1.807, 2.05) is 25.9 Å². The molecule has 12 heavy (non-hydrogen) atoms. The van der Waals surface area contributed by atoms with Crippen molar-refractivity contribution in [2.75, 3.05) is 20.7 Å². The van der Waals surface area contributed by atoms with Crippen molar-refractivity contribution in [1.29, 1.82) is 0 Å². The summed E-state index contributed by atoms with van der Waals surface area (Å²) in [6, 6.07) is 0. The molecule has 2 unspecified atom stereocenters. The average Bonchev–Trinajstić information content (AvgIpc) is 1.85. The fraction of sp³-hybridized carbons (Fsp3) is 1.00. The van der Waals surface area contributed by atoms with Crippen LogP contribution in [0, 0.1) is 0 Å². The molecule has 0 aliphatic rings. The number of ether oxygens (including phenoxy) is 2. The maximum Gasteiger partial charge on any atom is 0.278 e. The Morgan fingerprint density at radius 1 is 1.50 bits per heavy atom. The smallest absolute Gasteiger partial charge is 0.278 e. The largest absolute Gasteiger partial charge is 0.343 e. The second-order valence-corrected chi connectivity index (χ2v) is 3.01. The predicted molar refractivity (Wildman–Crippen MR) is 46.5 cm³/mol. The van der Waals surface area contributed by atoms with Crippen LogP contribution in [0.15, 0.2) is 0 Å². The van der Waals surface area contributed by atoms with Gasteiger partial charge in [0.05, 0.1) is 0 Å². The third kappa shape index (κ3) is 4.66. The highest BCUT2D eigenvalue weighted by Gasteiger charge is 2.24. The lowest BCUT2D eigenvalue weighted by Crippen LogP contribution is -2.40. The molecule has 4 heteroatoms. The number of aliphatic hydroxyl groups is 1. The fourth-order valence-electron chi connectivity index (χ4n) is 0.724. The Bertz CT molecular complexity index is 125. The summed E-state index contributed by atoms with van der Waals surface area (Å²) in [6.07, 6.45) is -0.174. The normalized spacial score (nSPS) is 19.2. The van der Waals surface area contributed by atoms with Crippen LogP contribution in [-0.4, -0.2) is 42.9 Å². The van der Waals surface area contributed by atoms with E-state index in [1.54, 1.807) is 6.92 Å². The molecule has 0 rings (SSSR count). The van der Waals surface area contributed by atoms with Crippen LogP contribution in [0.5, 0.6) is 0 Å². The molecule has 0 radical (unpaired) electrons. The summed E-state index contributed by atoms with van der Waals surface area (Å²) in [6.45, 7) is 5.55. The molecular weight excluding hydrogens is 158 g/mol. The zero-order valence-corrected chi connectivity index (χ0v) is 8.50. The molecule has 0 aromatic rings. The van der Waals surface area contributed by atoms with Gasteiger partial charge in [0.1, 0.15) is 6.23 Å². The highest BCUT2D eigenvalue weighted by atomic mass is 16.8. The van der Waals surface area contributed by atoms with Crippen molar-refractivity contribution in [2.24, 2.45) is 0 Å². The van der Waals surface area contributed by atoms with E-state index >= 15 is 0 Å². The highest BCUT2D eigenvalue weighted by molar-refractivity contribution is 4.49. The Labute approximate surface area is 74.1 Å². The lowest BCUT2D eigenvalue weighted by atomic mass is 10.5. The number of rotatable bonds is 5. The van der Waals surface area contributed by atoms with Gasteiger partial charge in [-0.25, -0.2) is 0 Å². The zero-order valence-electron chi connectivity index (χ0n) is 8.50. The van der Waals surface area contributed by atoms with Crippen molar-refractivity contribution in [3.63, 3.8) is 0 Å². The van der Waals surface area contributed by atoms with E-state index < -0.39 is 5.97 Å². The summed E-state index contributed by atoms with van der Waals surface area (Å²) >= 11 is 0. The maximum atomic E-state index is 9.46. The average molecular weight is 177 g/mol. The minimum absolute atomic E-state index is 0.174. The molecule has 0 saturated heterocycles. The van der Waals surface area contributed by atoms with Crippen molar-refractivity contribution in [3.05, 3.63) is 0 Å². The first-order valence-electron chi connectivity index (χ1n) is 4.09. The SMILES string of the molecule is CCOC(C)(O)OC(C)N(C)C. The second kappa shape index (κ2) is 4.77. The molecule has 0 fully saturated rings. The molecule has 1 N–H and O–H groups in total. The highest BCUT2D eigenvalue weighted by Crippen LogP contribution is 2.11. The molecule has 0 spiro atoms. The first kappa shape index (κ1) is 11.8. The molecule has 0 aliphatic carbocycles. The van der Waals surface area contributed by atoms with E-state index in [2.05, 4.69) is 0 Å². The fourth-order valence-corrected chi connectivity index (χ4v) is 0.724. The van der Waals surface area contributed by atoms with E-state index in [-0.39, 0.29) is 6.23 Å². The standard InChI is InChI=1S/C8H19NO3/c1-6-11-8(3,10)12-7(2)9(4)5/h7,10H,6H2,1-5H3. The number of hydrogen-bond donors (Lipinski definition) is 1. The Hall–Kier alpha value is -0.160. The quantitative estimate of drug-likeness (QED) is 0.625. The van der Waals surface area contributed by atoms with Crippen molar-refractivity contribution in [3.8, 4) is 0 Å². The lowest BCUT2D eigenvalue weighted by molar-refractivity contribution is -0.372. The van der Waals surface area contributed by atoms with Gasteiger partial charge in [-0.3, -0.25) is 4.90 Å². The van der Waals surface area contributed by atoms with Gasteiger partial charge in [-0.05, 0) is 27.9 Å². The van der Waals surface area contributed by atoms with E-state index in [4.69, 9.17) is 9.47 Å². The molecule has 4 nitrogen and oxygen atoms in total. The monoisotopic (exact) mass is 177 g/mol. The van der Waals surface area contributed by atoms with Gasteiger partial charge >= 0.3 is 0 Å². The van der Waals surface area contributed by atoms with E-state index in [1.165, 1.54) is 6.92 Å². The van der Waals surface area contributed by atoms with Crippen LogP contribution in [-0.2, 0) is 9.47 Å².